The highest BCUT2D eigenvalue weighted by molar-refractivity contribution is 6.16. The van der Waals surface area contributed by atoms with Gasteiger partial charge in [-0.3, -0.25) is 0 Å². The van der Waals surface area contributed by atoms with Gasteiger partial charge in [-0.2, -0.15) is 0 Å². The minimum atomic E-state index is 0.628. The minimum Gasteiger partial charge on any atom is -0.309 e. The lowest BCUT2D eigenvalue weighted by Crippen LogP contribution is -2.00. The van der Waals surface area contributed by atoms with Gasteiger partial charge in [0.2, 0.25) is 0 Å². The Morgan fingerprint density at radius 1 is 0.150 bits per heavy atom. The Balaban J connectivity index is 0.000000137. The molecule has 17 aromatic carbocycles. The number of rotatable bonds is 11. The molecule has 1 aliphatic carbocycles. The predicted octanol–water partition coefficient (Wildman–Crippen LogP) is 26.8. The van der Waals surface area contributed by atoms with E-state index in [0.717, 1.165) is 79.3 Å². The van der Waals surface area contributed by atoms with Gasteiger partial charge in [-0.1, -0.05) is 267 Å². The first-order chi connectivity index (χ1) is 59.5. The summed E-state index contributed by atoms with van der Waals surface area (Å²) in [5, 5.41) is 12.3. The van der Waals surface area contributed by atoms with E-state index in [4.69, 9.17) is 29.9 Å². The van der Waals surface area contributed by atoms with Crippen LogP contribution in [-0.2, 0) is 6.42 Å². The maximum absolute atomic E-state index is 5.04. The maximum atomic E-state index is 5.04. The molecule has 0 bridgehead atoms. The van der Waals surface area contributed by atoms with Crippen molar-refractivity contribution in [2.24, 2.45) is 0 Å². The number of para-hydroxylation sites is 7. The fourth-order valence-corrected chi connectivity index (χ4v) is 18.6. The molecule has 0 radical (unpaired) electrons. The van der Waals surface area contributed by atoms with Gasteiger partial charge in [0.05, 0.1) is 55.2 Å². The quantitative estimate of drug-likeness (QED) is 0.128. The van der Waals surface area contributed by atoms with Gasteiger partial charge in [-0.05, 0) is 168 Å². The predicted molar refractivity (Wildman–Crippen MR) is 492 cm³/mol. The first kappa shape index (κ1) is 68.2. The first-order valence-corrected chi connectivity index (χ1v) is 40.7. The van der Waals surface area contributed by atoms with Crippen molar-refractivity contribution < 1.29 is 0 Å². The Labute approximate surface area is 689 Å². The van der Waals surface area contributed by atoms with Crippen LogP contribution in [0.15, 0.2) is 406 Å². The highest BCUT2D eigenvalue weighted by atomic mass is 15.1. The molecule has 1 aliphatic rings. The Hall–Kier alpha value is -16.2. The van der Waals surface area contributed by atoms with E-state index in [1.807, 2.05) is 121 Å². The molecule has 0 amide bonds. The van der Waals surface area contributed by atoms with E-state index >= 15 is 0 Å². The van der Waals surface area contributed by atoms with Crippen molar-refractivity contribution in [2.75, 3.05) is 0 Å². The van der Waals surface area contributed by atoms with Gasteiger partial charge in [0.25, 0.3) is 0 Å². The van der Waals surface area contributed by atoms with E-state index in [1.165, 1.54) is 120 Å². The van der Waals surface area contributed by atoms with Crippen molar-refractivity contribution in [1.29, 1.82) is 0 Å². The van der Waals surface area contributed by atoms with Gasteiger partial charge >= 0.3 is 0 Å². The van der Waals surface area contributed by atoms with Gasteiger partial charge in [-0.25, -0.2) is 29.9 Å². The molecule has 560 valence electrons. The molecule has 0 saturated heterocycles. The molecule has 0 saturated carbocycles. The molecular formula is C109H69N11. The first-order valence-electron chi connectivity index (χ1n) is 40.7. The summed E-state index contributed by atoms with van der Waals surface area (Å²) >= 11 is 0. The number of hydrogen-bond donors (Lipinski definition) is 0. The average Bonchev–Trinajstić information content (AvgIpc) is 1.57. The average molecular weight is 1530 g/mol. The van der Waals surface area contributed by atoms with Crippen LogP contribution in [0.4, 0.5) is 0 Å². The van der Waals surface area contributed by atoms with Gasteiger partial charge in [0, 0.05) is 116 Å². The van der Waals surface area contributed by atoms with E-state index in [-0.39, 0.29) is 0 Å². The van der Waals surface area contributed by atoms with Crippen molar-refractivity contribution in [3.63, 3.8) is 0 Å². The monoisotopic (exact) mass is 1530 g/mol. The number of benzene rings is 17. The Bertz CT molecular complexity index is 7790. The molecule has 0 fully saturated rings. The lowest BCUT2D eigenvalue weighted by Gasteiger charge is -2.12. The van der Waals surface area contributed by atoms with Crippen LogP contribution in [0, 0.1) is 0 Å². The lowest BCUT2D eigenvalue weighted by molar-refractivity contribution is 1.07. The Kier molecular flexibility index (Phi) is 15.8. The third kappa shape index (κ3) is 11.2. The number of hydrogen-bond acceptors (Lipinski definition) is 6. The fourth-order valence-electron chi connectivity index (χ4n) is 18.6. The zero-order valence-corrected chi connectivity index (χ0v) is 64.8. The summed E-state index contributed by atoms with van der Waals surface area (Å²) in [5.41, 5.74) is 28.2. The van der Waals surface area contributed by atoms with E-state index in [9.17, 15) is 0 Å². The molecular weight excluding hydrogens is 1460 g/mol. The second-order valence-corrected chi connectivity index (χ2v) is 30.9. The minimum absolute atomic E-state index is 0.628. The van der Waals surface area contributed by atoms with Crippen molar-refractivity contribution in [1.82, 2.24) is 52.7 Å². The third-order valence-electron chi connectivity index (χ3n) is 24.1. The van der Waals surface area contributed by atoms with Crippen LogP contribution in [0.5, 0.6) is 0 Å². The van der Waals surface area contributed by atoms with Crippen LogP contribution in [-0.4, -0.2) is 52.7 Å². The van der Waals surface area contributed by atoms with Crippen molar-refractivity contribution in [2.45, 2.75) is 6.42 Å². The fraction of sp³-hybridized carbons (Fsp3) is 0.00917. The molecule has 11 heteroatoms. The summed E-state index contributed by atoms with van der Waals surface area (Å²) in [6, 6.07) is 145. The molecule has 25 rings (SSSR count). The normalized spacial score (nSPS) is 12.0. The van der Waals surface area contributed by atoms with E-state index in [1.54, 1.807) is 0 Å². The van der Waals surface area contributed by atoms with Crippen LogP contribution in [0.25, 0.3) is 217 Å². The third-order valence-corrected chi connectivity index (χ3v) is 24.1. The smallest absolute Gasteiger partial charge is 0.164 e. The van der Waals surface area contributed by atoms with Crippen LogP contribution >= 0.6 is 0 Å². The van der Waals surface area contributed by atoms with Crippen molar-refractivity contribution in [3.05, 3.63) is 418 Å². The highest BCUT2D eigenvalue weighted by Crippen LogP contribution is 2.45. The Morgan fingerprint density at radius 3 is 0.683 bits per heavy atom. The lowest BCUT2D eigenvalue weighted by atomic mass is 10.0. The van der Waals surface area contributed by atoms with E-state index in [0.29, 0.717) is 34.9 Å². The summed E-state index contributed by atoms with van der Waals surface area (Å²) < 4.78 is 12.0. The van der Waals surface area contributed by atoms with Gasteiger partial charge in [0.15, 0.2) is 34.9 Å². The van der Waals surface area contributed by atoms with Gasteiger partial charge in [-0.15, -0.1) is 0 Å². The Morgan fingerprint density at radius 2 is 0.358 bits per heavy atom. The van der Waals surface area contributed by atoms with Crippen LogP contribution < -0.4 is 0 Å². The molecule has 0 atom stereocenters. The maximum Gasteiger partial charge on any atom is 0.164 e. The SMILES string of the molecule is c1ccc(-c2nc(-c3ccccc3)nc(-c3ccc(-n4c5ccc(-n6c7ccccc7c7ccccc76)cc5c5cc(-n6c7ccccc7c7ccccc76)ccc54)cc3)n2)cc1.c1ccc(-c2nc(-c3ccccc3)nc(-c3ccc4c(c3)-c3cc(-n5c6ccccc6c6cc(-n7c8ccccc8c8ccccc87)ccc65)ccc3C4)n2)cc1. The molecule has 7 aromatic heterocycles. The summed E-state index contributed by atoms with van der Waals surface area (Å²) in [5.74, 6) is 3.90. The van der Waals surface area contributed by atoms with Crippen molar-refractivity contribution in [3.8, 4) is 108 Å². The molecule has 7 heterocycles. The van der Waals surface area contributed by atoms with E-state index in [2.05, 4.69) is 308 Å². The number of aromatic nitrogens is 11. The van der Waals surface area contributed by atoms with Crippen LogP contribution in [0.2, 0.25) is 0 Å². The molecule has 24 aromatic rings. The van der Waals surface area contributed by atoms with Gasteiger partial charge in [0.1, 0.15) is 0 Å². The molecule has 120 heavy (non-hydrogen) atoms. The summed E-state index contributed by atoms with van der Waals surface area (Å²) in [7, 11) is 0. The summed E-state index contributed by atoms with van der Waals surface area (Å²) in [6.07, 6.45) is 0.891. The molecule has 0 aliphatic heterocycles. The summed E-state index contributed by atoms with van der Waals surface area (Å²) in [6.45, 7) is 0. The van der Waals surface area contributed by atoms with Gasteiger partial charge < -0.3 is 22.8 Å². The molecule has 0 spiro atoms. The molecule has 0 unspecified atom stereocenters. The second kappa shape index (κ2) is 27.8. The number of nitrogens with zero attached hydrogens (tertiary/aromatic N) is 11. The second-order valence-electron chi connectivity index (χ2n) is 30.9. The molecule has 0 N–H and O–H groups in total. The van der Waals surface area contributed by atoms with E-state index < -0.39 is 0 Å². The molecule has 11 nitrogen and oxygen atoms in total. The summed E-state index contributed by atoms with van der Waals surface area (Å²) in [4.78, 5) is 29.9. The van der Waals surface area contributed by atoms with Crippen molar-refractivity contribution >= 4 is 109 Å². The zero-order chi connectivity index (χ0) is 78.9. The number of fused-ring (bicyclic) bond motifs is 18. The van der Waals surface area contributed by atoms with Crippen LogP contribution in [0.3, 0.4) is 0 Å². The topological polar surface area (TPSA) is 102 Å². The van der Waals surface area contributed by atoms with Crippen LogP contribution in [0.1, 0.15) is 11.1 Å². The zero-order valence-electron chi connectivity index (χ0n) is 64.8. The largest absolute Gasteiger partial charge is 0.309 e. The standard InChI is InChI=1S/C57H36N6.C52H33N5/c1-3-15-37(16-4-1)55-58-56(38-17-5-2-6-18-38)60-57(59-55)39-27-29-40(30-28-39)61-53-33-31-41(62-49-23-11-7-19-43(49)44-20-8-12-24-50(44)62)35-47(53)48-36-42(32-34-54(48)61)63-51-25-13-9-21-45(51)46-22-10-14-26-52(46)63;1-3-13-33(14-4-1)50-53-51(34-15-5-2-6-16-34)55-52(54-50)37-24-23-35-29-36-25-26-38(31-44(36)43(35)30-37)57-48-22-12-9-19-42(48)45-32-39(27-28-49(45)57)56-46-20-10-7-17-40(46)41-18-8-11-21-47(41)56/h1-36H;1-28,30-32H,29H2. The highest BCUT2D eigenvalue weighted by Gasteiger charge is 2.26.